The van der Waals surface area contributed by atoms with Gasteiger partial charge in [-0.2, -0.15) is 0 Å². The Hall–Kier alpha value is -1.60. The van der Waals surface area contributed by atoms with Gasteiger partial charge in [-0.15, -0.1) is 0 Å². The molecule has 0 atom stereocenters. The number of benzene rings is 1. The van der Waals surface area contributed by atoms with Crippen LogP contribution in [-0.2, 0) is 11.3 Å². The topological polar surface area (TPSA) is 45.5 Å². The lowest BCUT2D eigenvalue weighted by Crippen LogP contribution is -2.26. The molecule has 2 aromatic rings. The third-order valence-corrected chi connectivity index (χ3v) is 3.88. The van der Waals surface area contributed by atoms with Crippen LogP contribution >= 0.6 is 22.6 Å². The van der Waals surface area contributed by atoms with Crippen molar-refractivity contribution in [3.63, 3.8) is 0 Å². The maximum atomic E-state index is 11.7. The molecule has 0 fully saturated rings. The van der Waals surface area contributed by atoms with Gasteiger partial charge in [-0.05, 0) is 66.4 Å². The minimum absolute atomic E-state index is 0.0953. The predicted molar refractivity (Wildman–Crippen MR) is 101 cm³/mol. The van der Waals surface area contributed by atoms with E-state index in [0.717, 1.165) is 23.3 Å². The molecule has 1 N–H and O–H groups in total. The Bertz CT molecular complexity index is 637. The molecule has 1 amide bonds. The van der Waals surface area contributed by atoms with E-state index in [1.807, 2.05) is 18.2 Å². The summed E-state index contributed by atoms with van der Waals surface area (Å²) in [5, 5.41) is 2.88. The van der Waals surface area contributed by atoms with E-state index in [1.54, 1.807) is 6.08 Å². The number of hydrogen-bond donors (Lipinski definition) is 1. The molecular formula is C18H21IN2O2. The van der Waals surface area contributed by atoms with E-state index in [9.17, 15) is 4.79 Å². The van der Waals surface area contributed by atoms with Crippen molar-refractivity contribution >= 4 is 34.6 Å². The summed E-state index contributed by atoms with van der Waals surface area (Å²) in [5.74, 6) is 0.592. The van der Waals surface area contributed by atoms with Crippen molar-refractivity contribution in [1.82, 2.24) is 10.2 Å². The largest absolute Gasteiger partial charge is 0.451 e. The highest BCUT2D eigenvalue weighted by molar-refractivity contribution is 14.1. The number of nitrogens with one attached hydrogen (secondary N) is 1. The van der Waals surface area contributed by atoms with Crippen molar-refractivity contribution in [2.45, 2.75) is 13.0 Å². The Kier molecular flexibility index (Phi) is 7.35. The van der Waals surface area contributed by atoms with E-state index in [-0.39, 0.29) is 5.91 Å². The number of amides is 1. The van der Waals surface area contributed by atoms with Crippen LogP contribution in [0.1, 0.15) is 17.7 Å². The average molecular weight is 424 g/mol. The third kappa shape index (κ3) is 7.00. The van der Waals surface area contributed by atoms with Gasteiger partial charge in [0.15, 0.2) is 3.77 Å². The fraction of sp³-hybridized carbons (Fsp3) is 0.278. The van der Waals surface area contributed by atoms with E-state index in [2.05, 4.69) is 64.1 Å². The van der Waals surface area contributed by atoms with Crippen LogP contribution in [0, 0.1) is 3.77 Å². The Morgan fingerprint density at radius 2 is 2.04 bits per heavy atom. The van der Waals surface area contributed by atoms with Crippen LogP contribution in [0.25, 0.3) is 6.08 Å². The fourth-order valence-corrected chi connectivity index (χ4v) is 2.60. The molecule has 0 aliphatic rings. The summed E-state index contributed by atoms with van der Waals surface area (Å²) in [6.07, 6.45) is 4.10. The summed E-state index contributed by atoms with van der Waals surface area (Å²) in [7, 11) is 2.09. The molecule has 0 aliphatic carbocycles. The normalized spacial score (nSPS) is 11.3. The smallest absolute Gasteiger partial charge is 0.244 e. The molecule has 5 heteroatoms. The van der Waals surface area contributed by atoms with Crippen molar-refractivity contribution in [2.24, 2.45) is 0 Å². The molecule has 2 rings (SSSR count). The second-order valence-corrected chi connectivity index (χ2v) is 6.41. The number of carbonyl (C=O) groups excluding carboxylic acids is 1. The van der Waals surface area contributed by atoms with Gasteiger partial charge in [0, 0.05) is 19.2 Å². The number of hydrogen-bond acceptors (Lipinski definition) is 3. The van der Waals surface area contributed by atoms with Gasteiger partial charge in [0.1, 0.15) is 5.76 Å². The fourth-order valence-electron chi connectivity index (χ4n) is 2.17. The van der Waals surface area contributed by atoms with Crippen LogP contribution in [0.15, 0.2) is 53.0 Å². The molecule has 0 aliphatic heterocycles. The maximum absolute atomic E-state index is 11.7. The molecule has 0 radical (unpaired) electrons. The van der Waals surface area contributed by atoms with Crippen LogP contribution in [0.4, 0.5) is 0 Å². The van der Waals surface area contributed by atoms with Crippen LogP contribution in [0.5, 0.6) is 0 Å². The molecule has 0 spiro atoms. The van der Waals surface area contributed by atoms with Gasteiger partial charge in [0.25, 0.3) is 0 Å². The lowest BCUT2D eigenvalue weighted by molar-refractivity contribution is -0.116. The number of furan rings is 1. The summed E-state index contributed by atoms with van der Waals surface area (Å²) < 4.78 is 6.17. The van der Waals surface area contributed by atoms with Crippen molar-refractivity contribution in [1.29, 1.82) is 0 Å². The van der Waals surface area contributed by atoms with Gasteiger partial charge in [0.05, 0.1) is 0 Å². The molecule has 1 heterocycles. The van der Waals surface area contributed by atoms with Crippen molar-refractivity contribution in [2.75, 3.05) is 20.1 Å². The van der Waals surface area contributed by atoms with Gasteiger partial charge in [-0.1, -0.05) is 30.3 Å². The second kappa shape index (κ2) is 9.52. The van der Waals surface area contributed by atoms with E-state index < -0.39 is 0 Å². The first kappa shape index (κ1) is 17.7. The Morgan fingerprint density at radius 3 is 2.74 bits per heavy atom. The predicted octanol–water partition coefficient (Wildman–Crippen LogP) is 3.54. The van der Waals surface area contributed by atoms with Crippen LogP contribution in [0.3, 0.4) is 0 Å². The zero-order chi connectivity index (χ0) is 16.5. The number of rotatable bonds is 8. The summed E-state index contributed by atoms with van der Waals surface area (Å²) in [5.41, 5.74) is 1.30. The van der Waals surface area contributed by atoms with Gasteiger partial charge < -0.3 is 14.6 Å². The molecule has 0 saturated heterocycles. The molecule has 122 valence electrons. The van der Waals surface area contributed by atoms with Crippen molar-refractivity contribution < 1.29 is 9.21 Å². The van der Waals surface area contributed by atoms with E-state index in [0.29, 0.717) is 12.3 Å². The maximum Gasteiger partial charge on any atom is 0.244 e. The van der Waals surface area contributed by atoms with Gasteiger partial charge in [0.2, 0.25) is 5.91 Å². The first-order valence-corrected chi connectivity index (χ1v) is 8.65. The SMILES string of the molecule is CN(CCCNC(=O)/C=C/c1ccc(I)o1)Cc1ccccc1. The molecule has 0 unspecified atom stereocenters. The first-order chi connectivity index (χ1) is 11.1. The highest BCUT2D eigenvalue weighted by Gasteiger charge is 2.01. The lowest BCUT2D eigenvalue weighted by Gasteiger charge is -2.16. The quantitative estimate of drug-likeness (QED) is 0.401. The minimum Gasteiger partial charge on any atom is -0.451 e. The monoisotopic (exact) mass is 424 g/mol. The molecular weight excluding hydrogens is 403 g/mol. The van der Waals surface area contributed by atoms with Crippen LogP contribution in [0.2, 0.25) is 0 Å². The number of halogens is 1. The van der Waals surface area contributed by atoms with Crippen molar-refractivity contribution in [3.8, 4) is 0 Å². The second-order valence-electron chi connectivity index (χ2n) is 5.34. The van der Waals surface area contributed by atoms with Crippen LogP contribution < -0.4 is 5.32 Å². The summed E-state index contributed by atoms with van der Waals surface area (Å²) >= 11 is 2.09. The van der Waals surface area contributed by atoms with Crippen molar-refractivity contribution in [3.05, 3.63) is 63.6 Å². The molecule has 1 aromatic heterocycles. The van der Waals surface area contributed by atoms with E-state index in [4.69, 9.17) is 4.42 Å². The standard InChI is InChI=1S/C18H21IN2O2/c1-21(14-15-6-3-2-4-7-15)13-5-12-20-18(22)11-9-16-8-10-17(19)23-16/h2-4,6-11H,5,12-14H2,1H3,(H,20,22)/b11-9+. The molecule has 0 bridgehead atoms. The number of carbonyl (C=O) groups is 1. The highest BCUT2D eigenvalue weighted by Crippen LogP contribution is 2.11. The van der Waals surface area contributed by atoms with E-state index in [1.165, 1.54) is 11.6 Å². The summed E-state index contributed by atoms with van der Waals surface area (Å²) in [4.78, 5) is 14.0. The lowest BCUT2D eigenvalue weighted by atomic mass is 10.2. The summed E-state index contributed by atoms with van der Waals surface area (Å²) in [6.45, 7) is 2.53. The van der Waals surface area contributed by atoms with Crippen LogP contribution in [-0.4, -0.2) is 30.9 Å². The molecule has 4 nitrogen and oxygen atoms in total. The van der Waals surface area contributed by atoms with Gasteiger partial charge in [-0.3, -0.25) is 4.79 Å². The van der Waals surface area contributed by atoms with E-state index >= 15 is 0 Å². The summed E-state index contributed by atoms with van der Waals surface area (Å²) in [6, 6.07) is 14.1. The average Bonchev–Trinajstić information content (AvgIpc) is 2.96. The molecule has 1 aromatic carbocycles. The van der Waals surface area contributed by atoms with Gasteiger partial charge >= 0.3 is 0 Å². The Morgan fingerprint density at radius 1 is 1.26 bits per heavy atom. The zero-order valence-corrected chi connectivity index (χ0v) is 15.3. The van der Waals surface area contributed by atoms with Gasteiger partial charge in [-0.25, -0.2) is 0 Å². The zero-order valence-electron chi connectivity index (χ0n) is 13.2. The highest BCUT2D eigenvalue weighted by atomic mass is 127. The minimum atomic E-state index is -0.0953. The Balaban J connectivity index is 1.61. The third-order valence-electron chi connectivity index (χ3n) is 3.30. The number of nitrogens with zero attached hydrogens (tertiary/aromatic N) is 1. The molecule has 0 saturated carbocycles. The first-order valence-electron chi connectivity index (χ1n) is 7.57. The molecule has 23 heavy (non-hydrogen) atoms. The Labute approximate surface area is 150 Å².